The highest BCUT2D eigenvalue weighted by Crippen LogP contribution is 2.08. The van der Waals surface area contributed by atoms with Crippen molar-refractivity contribution >= 4 is 5.97 Å². The van der Waals surface area contributed by atoms with Gasteiger partial charge in [-0.2, -0.15) is 0 Å². The van der Waals surface area contributed by atoms with Crippen LogP contribution in [0, 0.1) is 0 Å². The molecule has 1 rings (SSSR count). The number of piperazine rings is 1. The van der Waals surface area contributed by atoms with Crippen LogP contribution in [0.15, 0.2) is 0 Å². The number of hydrogen-bond donors (Lipinski definition) is 2. The summed E-state index contributed by atoms with van der Waals surface area (Å²) in [4.78, 5) is 15.2. The number of carboxylic acid groups (broad SMARTS) is 1. The molecule has 0 saturated carbocycles. The second-order valence-corrected chi connectivity index (χ2v) is 4.26. The maximum Gasteiger partial charge on any atom is 0.322 e. The number of nitrogens with two attached hydrogens (primary N) is 1. The third kappa shape index (κ3) is 3.15. The Bertz CT molecular complexity index is 213. The van der Waals surface area contributed by atoms with Gasteiger partial charge in [-0.1, -0.05) is 0 Å². The van der Waals surface area contributed by atoms with Gasteiger partial charge in [0, 0.05) is 38.8 Å². The highest BCUT2D eigenvalue weighted by atomic mass is 16.4. The van der Waals surface area contributed by atoms with E-state index in [4.69, 9.17) is 10.8 Å². The van der Waals surface area contributed by atoms with E-state index >= 15 is 0 Å². The Morgan fingerprint density at radius 3 is 2.07 bits per heavy atom. The first-order chi connectivity index (χ1) is 7.06. The van der Waals surface area contributed by atoms with E-state index in [1.54, 1.807) is 0 Å². The zero-order chi connectivity index (χ0) is 11.4. The normalized spacial score (nSPS) is 21.9. The molecule has 0 aliphatic carbocycles. The molecule has 0 aromatic rings. The van der Waals surface area contributed by atoms with Crippen molar-refractivity contribution in [2.24, 2.45) is 5.73 Å². The van der Waals surface area contributed by atoms with Crippen molar-refractivity contribution in [2.45, 2.75) is 25.9 Å². The summed E-state index contributed by atoms with van der Waals surface area (Å²) in [6.45, 7) is 7.97. The summed E-state index contributed by atoms with van der Waals surface area (Å²) in [6, 6.07) is 0.0209. The maximum atomic E-state index is 10.9. The third-order valence-corrected chi connectivity index (χ3v) is 3.03. The lowest BCUT2D eigenvalue weighted by molar-refractivity contribution is -0.143. The Morgan fingerprint density at radius 2 is 1.73 bits per heavy atom. The molecule has 0 amide bonds. The SMILES string of the molecule is CC(C)N1CCN(C(CN)C(=O)O)CC1. The predicted molar refractivity (Wildman–Crippen MR) is 58.8 cm³/mol. The van der Waals surface area contributed by atoms with E-state index in [9.17, 15) is 4.79 Å². The van der Waals surface area contributed by atoms with Crippen LogP contribution in [0.4, 0.5) is 0 Å². The molecule has 0 bridgehead atoms. The van der Waals surface area contributed by atoms with E-state index in [2.05, 4.69) is 18.7 Å². The molecule has 15 heavy (non-hydrogen) atoms. The average Bonchev–Trinajstić information content (AvgIpc) is 2.19. The molecule has 88 valence electrons. The largest absolute Gasteiger partial charge is 0.480 e. The van der Waals surface area contributed by atoms with Crippen LogP contribution in [0.3, 0.4) is 0 Å². The van der Waals surface area contributed by atoms with Gasteiger partial charge in [0.15, 0.2) is 0 Å². The quantitative estimate of drug-likeness (QED) is 0.657. The summed E-state index contributed by atoms with van der Waals surface area (Å²) in [7, 11) is 0. The number of hydrogen-bond acceptors (Lipinski definition) is 4. The van der Waals surface area contributed by atoms with Crippen molar-refractivity contribution < 1.29 is 9.90 Å². The first-order valence-electron chi connectivity index (χ1n) is 5.47. The number of carboxylic acids is 1. The van der Waals surface area contributed by atoms with Crippen LogP contribution in [-0.2, 0) is 4.79 Å². The molecule has 1 unspecified atom stereocenters. The molecular formula is C10H21N3O2. The van der Waals surface area contributed by atoms with Gasteiger partial charge < -0.3 is 10.8 Å². The van der Waals surface area contributed by atoms with E-state index in [1.807, 2.05) is 4.90 Å². The minimum Gasteiger partial charge on any atom is -0.480 e. The minimum atomic E-state index is -0.810. The van der Waals surface area contributed by atoms with Gasteiger partial charge in [-0.05, 0) is 13.8 Å². The van der Waals surface area contributed by atoms with E-state index in [0.29, 0.717) is 6.04 Å². The fraction of sp³-hybridized carbons (Fsp3) is 0.900. The molecule has 0 spiro atoms. The lowest BCUT2D eigenvalue weighted by Crippen LogP contribution is -2.56. The van der Waals surface area contributed by atoms with Gasteiger partial charge in [0.05, 0.1) is 0 Å². The molecule has 5 nitrogen and oxygen atoms in total. The summed E-state index contributed by atoms with van der Waals surface area (Å²) in [5, 5.41) is 8.97. The summed E-state index contributed by atoms with van der Waals surface area (Å²) in [5.74, 6) is -0.810. The second-order valence-electron chi connectivity index (χ2n) is 4.26. The van der Waals surface area contributed by atoms with Crippen molar-refractivity contribution in [1.29, 1.82) is 0 Å². The molecule has 1 atom stereocenters. The van der Waals surface area contributed by atoms with Gasteiger partial charge in [0.2, 0.25) is 0 Å². The number of aliphatic carboxylic acids is 1. The fourth-order valence-corrected chi connectivity index (χ4v) is 1.97. The Labute approximate surface area is 90.8 Å². The van der Waals surface area contributed by atoms with Crippen LogP contribution in [-0.4, -0.2) is 65.7 Å². The molecule has 0 aromatic carbocycles. The Morgan fingerprint density at radius 1 is 1.27 bits per heavy atom. The highest BCUT2D eigenvalue weighted by molar-refractivity contribution is 5.73. The molecule has 1 saturated heterocycles. The fourth-order valence-electron chi connectivity index (χ4n) is 1.97. The Balaban J connectivity index is 2.45. The summed E-state index contributed by atoms with van der Waals surface area (Å²) < 4.78 is 0. The van der Waals surface area contributed by atoms with Crippen LogP contribution in [0.25, 0.3) is 0 Å². The smallest absolute Gasteiger partial charge is 0.322 e. The van der Waals surface area contributed by atoms with Crippen molar-refractivity contribution in [1.82, 2.24) is 9.80 Å². The Kier molecular flexibility index (Phi) is 4.50. The van der Waals surface area contributed by atoms with Gasteiger partial charge in [-0.25, -0.2) is 0 Å². The lowest BCUT2D eigenvalue weighted by Gasteiger charge is -2.39. The van der Waals surface area contributed by atoms with Gasteiger partial charge in [0.25, 0.3) is 0 Å². The topological polar surface area (TPSA) is 69.8 Å². The van der Waals surface area contributed by atoms with E-state index in [0.717, 1.165) is 26.2 Å². The van der Waals surface area contributed by atoms with Gasteiger partial charge in [-0.3, -0.25) is 14.6 Å². The first-order valence-corrected chi connectivity index (χ1v) is 5.47. The van der Waals surface area contributed by atoms with Crippen LogP contribution >= 0.6 is 0 Å². The van der Waals surface area contributed by atoms with Gasteiger partial charge >= 0.3 is 5.97 Å². The zero-order valence-corrected chi connectivity index (χ0v) is 9.52. The molecule has 5 heteroatoms. The van der Waals surface area contributed by atoms with Gasteiger partial charge in [-0.15, -0.1) is 0 Å². The maximum absolute atomic E-state index is 10.9. The zero-order valence-electron chi connectivity index (χ0n) is 9.52. The molecule has 1 fully saturated rings. The van der Waals surface area contributed by atoms with Crippen LogP contribution < -0.4 is 5.73 Å². The standard InChI is InChI=1S/C10H21N3O2/c1-8(2)12-3-5-13(6-4-12)9(7-11)10(14)15/h8-9H,3-7,11H2,1-2H3,(H,14,15). The monoisotopic (exact) mass is 215 g/mol. The summed E-state index contributed by atoms with van der Waals surface area (Å²) >= 11 is 0. The highest BCUT2D eigenvalue weighted by Gasteiger charge is 2.28. The molecule has 1 aliphatic rings. The minimum absolute atomic E-state index is 0.191. The van der Waals surface area contributed by atoms with Crippen molar-refractivity contribution in [3.8, 4) is 0 Å². The van der Waals surface area contributed by atoms with Crippen molar-refractivity contribution in [3.63, 3.8) is 0 Å². The second kappa shape index (κ2) is 5.44. The molecule has 0 radical (unpaired) electrons. The molecule has 1 heterocycles. The van der Waals surface area contributed by atoms with E-state index < -0.39 is 12.0 Å². The average molecular weight is 215 g/mol. The molecule has 0 aromatic heterocycles. The summed E-state index contributed by atoms with van der Waals surface area (Å²) in [6.07, 6.45) is 0. The van der Waals surface area contributed by atoms with Crippen LogP contribution in [0.1, 0.15) is 13.8 Å². The summed E-state index contributed by atoms with van der Waals surface area (Å²) in [5.41, 5.74) is 5.46. The predicted octanol–water partition coefficient (Wildman–Crippen LogP) is -0.576. The van der Waals surface area contributed by atoms with Crippen LogP contribution in [0.2, 0.25) is 0 Å². The first kappa shape index (κ1) is 12.4. The molecule has 1 aliphatic heterocycles. The molecular weight excluding hydrogens is 194 g/mol. The third-order valence-electron chi connectivity index (χ3n) is 3.03. The van der Waals surface area contributed by atoms with Crippen LogP contribution in [0.5, 0.6) is 0 Å². The van der Waals surface area contributed by atoms with E-state index in [1.165, 1.54) is 0 Å². The number of carbonyl (C=O) groups is 1. The number of nitrogens with zero attached hydrogens (tertiary/aromatic N) is 2. The van der Waals surface area contributed by atoms with Crippen molar-refractivity contribution in [2.75, 3.05) is 32.7 Å². The molecule has 3 N–H and O–H groups in total. The van der Waals surface area contributed by atoms with E-state index in [-0.39, 0.29) is 6.54 Å². The lowest BCUT2D eigenvalue weighted by atomic mass is 10.2. The number of rotatable bonds is 4. The van der Waals surface area contributed by atoms with Gasteiger partial charge in [0.1, 0.15) is 6.04 Å². The van der Waals surface area contributed by atoms with Crippen molar-refractivity contribution in [3.05, 3.63) is 0 Å². The Hall–Kier alpha value is -0.650.